The van der Waals surface area contributed by atoms with Crippen molar-refractivity contribution in [3.8, 4) is 11.1 Å². The predicted octanol–water partition coefficient (Wildman–Crippen LogP) is 12.5. The third kappa shape index (κ3) is 6.63. The molecule has 0 saturated heterocycles. The van der Waals surface area contributed by atoms with Crippen molar-refractivity contribution in [3.05, 3.63) is 138 Å². The molecule has 6 rings (SSSR count). The smallest absolute Gasteiger partial charge is 0.171 e. The minimum atomic E-state index is -3.55. The lowest BCUT2D eigenvalue weighted by molar-refractivity contribution is 0.568. The van der Waals surface area contributed by atoms with E-state index in [0.717, 1.165) is 43.2 Å². The molecule has 6 aromatic carbocycles. The van der Waals surface area contributed by atoms with Gasteiger partial charge >= 0.3 is 0 Å². The Hall–Kier alpha value is -3.93. The van der Waals surface area contributed by atoms with Crippen LogP contribution >= 0.6 is 7.14 Å². The maximum atomic E-state index is 17.3. The lowest BCUT2D eigenvalue weighted by Gasteiger charge is -2.32. The number of fused-ring (bicyclic) bond motifs is 2. The molecule has 0 spiro atoms. The van der Waals surface area contributed by atoms with E-state index in [1.807, 2.05) is 0 Å². The van der Waals surface area contributed by atoms with Crippen LogP contribution in [0.3, 0.4) is 0 Å². The van der Waals surface area contributed by atoms with Crippen molar-refractivity contribution < 1.29 is 4.57 Å². The summed E-state index contributed by atoms with van der Waals surface area (Å²) in [6.07, 6.45) is 0. The van der Waals surface area contributed by atoms with E-state index in [4.69, 9.17) is 0 Å². The van der Waals surface area contributed by atoms with Gasteiger partial charge in [0.05, 0.1) is 0 Å². The summed E-state index contributed by atoms with van der Waals surface area (Å²) < 4.78 is 17.3. The molecule has 1 nitrogen and oxygen atoms in total. The van der Waals surface area contributed by atoms with E-state index < -0.39 is 7.14 Å². The second kappa shape index (κ2) is 12.4. The molecule has 50 heavy (non-hydrogen) atoms. The summed E-state index contributed by atoms with van der Waals surface area (Å²) in [4.78, 5) is 0. The molecule has 0 fully saturated rings. The highest BCUT2D eigenvalue weighted by Crippen LogP contribution is 2.50. The molecule has 0 N–H and O–H groups in total. The molecule has 0 aliphatic rings. The third-order valence-corrected chi connectivity index (χ3v) is 13.4. The van der Waals surface area contributed by atoms with Crippen LogP contribution in [0.4, 0.5) is 0 Å². The summed E-state index contributed by atoms with van der Waals surface area (Å²) in [6, 6.07) is 41.8. The molecule has 0 saturated carbocycles. The van der Waals surface area contributed by atoms with Crippen molar-refractivity contribution in [1.82, 2.24) is 0 Å². The van der Waals surface area contributed by atoms with Gasteiger partial charge in [0.1, 0.15) is 0 Å². The first-order valence-corrected chi connectivity index (χ1v) is 19.8. The molecule has 0 radical (unpaired) electrons. The van der Waals surface area contributed by atoms with Crippen molar-refractivity contribution in [2.75, 3.05) is 0 Å². The number of hydrogen-bond donors (Lipinski definition) is 0. The van der Waals surface area contributed by atoms with Crippen molar-refractivity contribution in [1.29, 1.82) is 0 Å². The van der Waals surface area contributed by atoms with Gasteiger partial charge in [0.25, 0.3) is 0 Å². The molecule has 0 aromatic heterocycles. The van der Waals surface area contributed by atoms with Crippen LogP contribution in [0.5, 0.6) is 0 Å². The van der Waals surface area contributed by atoms with E-state index in [2.05, 4.69) is 198 Å². The average molecular weight is 679 g/mol. The van der Waals surface area contributed by atoms with Gasteiger partial charge in [0, 0.05) is 21.5 Å². The normalized spacial score (nSPS) is 13.3. The Bertz CT molecular complexity index is 2130. The molecule has 0 atom stereocenters. The van der Waals surface area contributed by atoms with Crippen molar-refractivity contribution >= 4 is 44.6 Å². The molecule has 0 unspecified atom stereocenters. The van der Waals surface area contributed by atoms with E-state index in [-0.39, 0.29) is 21.7 Å². The van der Waals surface area contributed by atoms with E-state index in [9.17, 15) is 0 Å². The average Bonchev–Trinajstić information content (AvgIpc) is 3.05. The fraction of sp³-hybridized carbons (Fsp3) is 0.333. The van der Waals surface area contributed by atoms with Gasteiger partial charge in [-0.2, -0.15) is 0 Å². The maximum absolute atomic E-state index is 17.3. The van der Waals surface area contributed by atoms with E-state index >= 15 is 4.57 Å². The van der Waals surface area contributed by atoms with Gasteiger partial charge in [0.2, 0.25) is 0 Å². The topological polar surface area (TPSA) is 17.1 Å². The number of benzene rings is 6. The van der Waals surface area contributed by atoms with Gasteiger partial charge in [0.15, 0.2) is 7.14 Å². The molecule has 0 bridgehead atoms. The monoisotopic (exact) mass is 678 g/mol. The molecular weight excluding hydrogens is 624 g/mol. The van der Waals surface area contributed by atoms with Crippen molar-refractivity contribution in [2.24, 2.45) is 0 Å². The maximum Gasteiger partial charge on any atom is 0.171 e. The lowest BCUT2D eigenvalue weighted by atomic mass is 9.81. The zero-order valence-corrected chi connectivity index (χ0v) is 33.2. The van der Waals surface area contributed by atoms with Crippen LogP contribution < -0.4 is 15.9 Å². The first-order valence-electron chi connectivity index (χ1n) is 18.1. The highest BCUT2D eigenvalue weighted by Gasteiger charge is 2.37. The fourth-order valence-electron chi connectivity index (χ4n) is 6.99. The Morgan fingerprint density at radius 1 is 0.400 bits per heavy atom. The van der Waals surface area contributed by atoms with Gasteiger partial charge in [-0.05, 0) is 101 Å². The summed E-state index contributed by atoms with van der Waals surface area (Å²) in [5.41, 5.74) is 6.46. The van der Waals surface area contributed by atoms with Crippen LogP contribution in [0.15, 0.2) is 115 Å². The molecule has 258 valence electrons. The quantitative estimate of drug-likeness (QED) is 0.170. The number of hydrogen-bond acceptors (Lipinski definition) is 1. The first-order chi connectivity index (χ1) is 23.2. The summed E-state index contributed by atoms with van der Waals surface area (Å²) in [5.74, 6) is 0. The highest BCUT2D eigenvalue weighted by atomic mass is 31.2. The van der Waals surface area contributed by atoms with Gasteiger partial charge in [-0.3, -0.25) is 0 Å². The molecule has 0 amide bonds. The summed E-state index contributed by atoms with van der Waals surface area (Å²) in [6.45, 7) is 27.2. The largest absolute Gasteiger partial charge is 0.309 e. The minimum Gasteiger partial charge on any atom is -0.309 e. The Kier molecular flexibility index (Phi) is 8.89. The van der Waals surface area contributed by atoms with Crippen LogP contribution in [0.25, 0.3) is 32.7 Å². The molecule has 0 heterocycles. The Labute approximate surface area is 301 Å². The molecule has 6 aromatic rings. The van der Waals surface area contributed by atoms with Gasteiger partial charge in [-0.25, -0.2) is 0 Å². The molecule has 0 aliphatic carbocycles. The summed E-state index contributed by atoms with van der Waals surface area (Å²) >= 11 is 0. The van der Waals surface area contributed by atoms with Crippen LogP contribution in [0.1, 0.15) is 105 Å². The zero-order valence-electron chi connectivity index (χ0n) is 32.3. The van der Waals surface area contributed by atoms with Gasteiger partial charge in [-0.15, -0.1) is 0 Å². The SMILES string of the molecule is CC(C)(C)c1cc(C(C)(C)C)cc(P(=O)(c2cc(C(C)(C)C)cc(C(C)(C)C)c2)c2ccc3ccccc3c2-c2cccc3ccccc23)c1. The van der Waals surface area contributed by atoms with E-state index in [1.54, 1.807) is 0 Å². The first kappa shape index (κ1) is 35.9. The summed E-state index contributed by atoms with van der Waals surface area (Å²) in [7, 11) is -3.55. The van der Waals surface area contributed by atoms with Crippen molar-refractivity contribution in [3.63, 3.8) is 0 Å². The second-order valence-corrected chi connectivity index (χ2v) is 21.1. The van der Waals surface area contributed by atoms with Crippen LogP contribution in [0, 0.1) is 0 Å². The van der Waals surface area contributed by atoms with E-state index in [0.29, 0.717) is 0 Å². The second-order valence-electron chi connectivity index (χ2n) is 18.4. The number of rotatable bonds is 4. The predicted molar refractivity (Wildman–Crippen MR) is 221 cm³/mol. The third-order valence-electron chi connectivity index (χ3n) is 10.3. The van der Waals surface area contributed by atoms with E-state index in [1.165, 1.54) is 27.6 Å². The lowest BCUT2D eigenvalue weighted by Crippen LogP contribution is -2.31. The zero-order chi connectivity index (χ0) is 36.4. The fourth-order valence-corrected chi connectivity index (χ4v) is 9.97. The van der Waals surface area contributed by atoms with Gasteiger partial charge in [-0.1, -0.05) is 168 Å². The minimum absolute atomic E-state index is 0.132. The van der Waals surface area contributed by atoms with Crippen molar-refractivity contribution in [2.45, 2.75) is 105 Å². The Morgan fingerprint density at radius 3 is 1.22 bits per heavy atom. The van der Waals surface area contributed by atoms with Gasteiger partial charge < -0.3 is 4.57 Å². The highest BCUT2D eigenvalue weighted by molar-refractivity contribution is 7.85. The Balaban J connectivity index is 1.87. The van der Waals surface area contributed by atoms with Crippen LogP contribution in [-0.4, -0.2) is 0 Å². The van der Waals surface area contributed by atoms with Crippen LogP contribution in [-0.2, 0) is 26.2 Å². The molecular formula is C48H55OP. The molecule has 2 heteroatoms. The standard InChI is InChI=1S/C48H55OP/c1-45(2,3)34-26-35(46(4,5)6)29-38(28-34)50(49,39-30-36(47(7,8)9)27-37(31-39)48(10,11)12)43-25-24-33-19-14-16-22-41(33)44(43)42-23-17-20-32-18-13-15-21-40(32)42/h13-31H,1-12H3. The summed E-state index contributed by atoms with van der Waals surface area (Å²) in [5, 5.41) is 7.29. The van der Waals surface area contributed by atoms with Crippen LogP contribution in [0.2, 0.25) is 0 Å². The molecule has 0 aliphatic heterocycles. The Morgan fingerprint density at radius 2 is 0.780 bits per heavy atom.